The number of carbonyl (C=O) groups is 1. The summed E-state index contributed by atoms with van der Waals surface area (Å²) in [4.78, 5) is 18.8. The van der Waals surface area contributed by atoms with Crippen LogP contribution in [0.1, 0.15) is 24.1 Å². The zero-order valence-corrected chi connectivity index (χ0v) is 13.8. The van der Waals surface area contributed by atoms with E-state index in [-0.39, 0.29) is 12.0 Å². The first kappa shape index (κ1) is 14.7. The molecule has 3 fully saturated rings. The summed E-state index contributed by atoms with van der Waals surface area (Å²) >= 11 is 1.80. The normalized spacial score (nSPS) is 32.4. The van der Waals surface area contributed by atoms with E-state index in [2.05, 4.69) is 27.3 Å². The second-order valence-corrected chi connectivity index (χ2v) is 7.81. The van der Waals surface area contributed by atoms with Crippen molar-refractivity contribution in [2.75, 3.05) is 32.8 Å². The SMILES string of the molecule is O=C([C@H]1CN(Cc2cccs2)C[C@H]2OCC[C@@H]12)N1CCCC1. The van der Waals surface area contributed by atoms with Gasteiger partial charge in [-0.25, -0.2) is 0 Å². The average Bonchev–Trinajstić information content (AvgIpc) is 3.27. The molecule has 0 saturated carbocycles. The number of likely N-dealkylation sites (tertiary alicyclic amines) is 2. The van der Waals surface area contributed by atoms with E-state index in [0.29, 0.717) is 11.8 Å². The monoisotopic (exact) mass is 320 g/mol. The summed E-state index contributed by atoms with van der Waals surface area (Å²) in [5.41, 5.74) is 0. The fourth-order valence-electron chi connectivity index (χ4n) is 4.24. The minimum Gasteiger partial charge on any atom is -0.377 e. The molecule has 1 aromatic rings. The van der Waals surface area contributed by atoms with Crippen molar-refractivity contribution in [2.45, 2.75) is 31.9 Å². The van der Waals surface area contributed by atoms with Gasteiger partial charge in [-0.1, -0.05) is 6.07 Å². The minimum absolute atomic E-state index is 0.138. The number of nitrogens with zero attached hydrogens (tertiary/aromatic N) is 2. The Kier molecular flexibility index (Phi) is 4.20. The highest BCUT2D eigenvalue weighted by Crippen LogP contribution is 2.36. The summed E-state index contributed by atoms with van der Waals surface area (Å²) in [6.45, 7) is 5.57. The molecule has 120 valence electrons. The number of amides is 1. The van der Waals surface area contributed by atoms with Gasteiger partial charge in [-0.2, -0.15) is 0 Å². The van der Waals surface area contributed by atoms with Gasteiger partial charge >= 0.3 is 0 Å². The number of rotatable bonds is 3. The van der Waals surface area contributed by atoms with Crippen molar-refractivity contribution in [1.82, 2.24) is 9.80 Å². The molecule has 3 atom stereocenters. The third-order valence-electron chi connectivity index (χ3n) is 5.36. The van der Waals surface area contributed by atoms with Crippen LogP contribution < -0.4 is 0 Å². The van der Waals surface area contributed by atoms with Gasteiger partial charge < -0.3 is 9.64 Å². The Bertz CT molecular complexity index is 513. The van der Waals surface area contributed by atoms with Crippen molar-refractivity contribution >= 4 is 17.2 Å². The van der Waals surface area contributed by atoms with E-state index in [4.69, 9.17) is 4.74 Å². The van der Waals surface area contributed by atoms with Gasteiger partial charge in [-0.3, -0.25) is 9.69 Å². The molecule has 3 saturated heterocycles. The summed E-state index contributed by atoms with van der Waals surface area (Å²) in [5.74, 6) is 0.959. The van der Waals surface area contributed by atoms with Crippen LogP contribution >= 0.6 is 11.3 Å². The lowest BCUT2D eigenvalue weighted by molar-refractivity contribution is -0.140. The van der Waals surface area contributed by atoms with Gasteiger partial charge in [0, 0.05) is 50.1 Å². The molecule has 1 amide bonds. The zero-order chi connectivity index (χ0) is 14.9. The standard InChI is InChI=1S/C17H24N2O2S/c20-17(19-6-1-2-7-19)15-11-18(10-13-4-3-9-22-13)12-16-14(15)5-8-21-16/h3-4,9,14-16H,1-2,5-8,10-12H2/t14-,15-,16+/m0/s1. The summed E-state index contributed by atoms with van der Waals surface area (Å²) in [7, 11) is 0. The predicted octanol–water partition coefficient (Wildman–Crippen LogP) is 2.21. The largest absolute Gasteiger partial charge is 0.377 e. The number of fused-ring (bicyclic) bond motifs is 1. The molecule has 0 bridgehead atoms. The van der Waals surface area contributed by atoms with Crippen molar-refractivity contribution in [3.63, 3.8) is 0 Å². The Morgan fingerprint density at radius 3 is 2.95 bits per heavy atom. The summed E-state index contributed by atoms with van der Waals surface area (Å²) < 4.78 is 5.94. The third-order valence-corrected chi connectivity index (χ3v) is 6.23. The summed E-state index contributed by atoms with van der Waals surface area (Å²) in [6, 6.07) is 4.29. The molecule has 3 aliphatic heterocycles. The smallest absolute Gasteiger partial charge is 0.227 e. The van der Waals surface area contributed by atoms with Gasteiger partial charge in [-0.05, 0) is 30.7 Å². The molecule has 4 heterocycles. The number of hydrogen-bond donors (Lipinski definition) is 0. The molecule has 0 aromatic carbocycles. The Morgan fingerprint density at radius 2 is 2.18 bits per heavy atom. The minimum atomic E-state index is 0.138. The quantitative estimate of drug-likeness (QED) is 0.856. The van der Waals surface area contributed by atoms with Gasteiger partial charge in [0.05, 0.1) is 12.0 Å². The molecule has 0 spiro atoms. The molecule has 4 rings (SSSR count). The average molecular weight is 320 g/mol. The molecule has 1 aromatic heterocycles. The van der Waals surface area contributed by atoms with Crippen LogP contribution in [0.15, 0.2) is 17.5 Å². The zero-order valence-electron chi connectivity index (χ0n) is 12.9. The van der Waals surface area contributed by atoms with E-state index in [1.54, 1.807) is 11.3 Å². The fourth-order valence-corrected chi connectivity index (χ4v) is 4.99. The van der Waals surface area contributed by atoms with E-state index >= 15 is 0 Å². The molecule has 3 aliphatic rings. The fraction of sp³-hybridized carbons (Fsp3) is 0.706. The maximum Gasteiger partial charge on any atom is 0.227 e. The van der Waals surface area contributed by atoms with Crippen LogP contribution in [0.2, 0.25) is 0 Å². The van der Waals surface area contributed by atoms with E-state index < -0.39 is 0 Å². The number of carbonyl (C=O) groups excluding carboxylic acids is 1. The maximum atomic E-state index is 12.9. The Labute approximate surface area is 136 Å². The van der Waals surface area contributed by atoms with Crippen molar-refractivity contribution in [1.29, 1.82) is 0 Å². The number of thiophene rings is 1. The summed E-state index contributed by atoms with van der Waals surface area (Å²) in [6.07, 6.45) is 3.65. The molecule has 0 radical (unpaired) electrons. The van der Waals surface area contributed by atoms with Gasteiger partial charge in [0.1, 0.15) is 0 Å². The molecule has 22 heavy (non-hydrogen) atoms. The van der Waals surface area contributed by atoms with Crippen LogP contribution in [-0.2, 0) is 16.1 Å². The highest BCUT2D eigenvalue weighted by Gasteiger charge is 2.45. The molecule has 0 N–H and O–H groups in total. The van der Waals surface area contributed by atoms with E-state index in [9.17, 15) is 4.79 Å². The van der Waals surface area contributed by atoms with Crippen molar-refractivity contribution in [2.24, 2.45) is 11.8 Å². The Balaban J connectivity index is 1.49. The van der Waals surface area contributed by atoms with Crippen LogP contribution in [0, 0.1) is 11.8 Å². The molecule has 5 heteroatoms. The van der Waals surface area contributed by atoms with Crippen molar-refractivity contribution in [3.05, 3.63) is 22.4 Å². The second-order valence-electron chi connectivity index (χ2n) is 6.77. The highest BCUT2D eigenvalue weighted by atomic mass is 32.1. The number of ether oxygens (including phenoxy) is 1. The van der Waals surface area contributed by atoms with Crippen molar-refractivity contribution < 1.29 is 9.53 Å². The highest BCUT2D eigenvalue weighted by molar-refractivity contribution is 7.09. The third kappa shape index (κ3) is 2.82. The first-order valence-corrected chi connectivity index (χ1v) is 9.34. The number of hydrogen-bond acceptors (Lipinski definition) is 4. The predicted molar refractivity (Wildman–Crippen MR) is 86.7 cm³/mol. The van der Waals surface area contributed by atoms with Gasteiger partial charge in [0.15, 0.2) is 0 Å². The summed E-state index contributed by atoms with van der Waals surface area (Å²) in [5, 5.41) is 2.13. The molecule has 0 aliphatic carbocycles. The molecule has 0 unspecified atom stereocenters. The van der Waals surface area contributed by atoms with E-state index in [1.165, 1.54) is 17.7 Å². The lowest BCUT2D eigenvalue weighted by atomic mass is 9.82. The first-order chi connectivity index (χ1) is 10.8. The second kappa shape index (κ2) is 6.30. The van der Waals surface area contributed by atoms with Crippen LogP contribution in [-0.4, -0.2) is 54.6 Å². The Morgan fingerprint density at radius 1 is 1.32 bits per heavy atom. The van der Waals surface area contributed by atoms with Crippen LogP contribution in [0.4, 0.5) is 0 Å². The van der Waals surface area contributed by atoms with E-state index in [0.717, 1.165) is 45.8 Å². The van der Waals surface area contributed by atoms with Crippen molar-refractivity contribution in [3.8, 4) is 0 Å². The van der Waals surface area contributed by atoms with Crippen LogP contribution in [0.3, 0.4) is 0 Å². The van der Waals surface area contributed by atoms with Gasteiger partial charge in [-0.15, -0.1) is 11.3 Å². The molecule has 4 nitrogen and oxygen atoms in total. The molecular weight excluding hydrogens is 296 g/mol. The van der Waals surface area contributed by atoms with Gasteiger partial charge in [0.25, 0.3) is 0 Å². The topological polar surface area (TPSA) is 32.8 Å². The van der Waals surface area contributed by atoms with Crippen LogP contribution in [0.25, 0.3) is 0 Å². The Hall–Kier alpha value is -0.910. The molecular formula is C17H24N2O2S. The van der Waals surface area contributed by atoms with Gasteiger partial charge in [0.2, 0.25) is 5.91 Å². The van der Waals surface area contributed by atoms with E-state index in [1.807, 2.05) is 0 Å². The first-order valence-electron chi connectivity index (χ1n) is 8.46. The lowest BCUT2D eigenvalue weighted by Gasteiger charge is -2.40. The maximum absolute atomic E-state index is 12.9. The lowest BCUT2D eigenvalue weighted by Crippen LogP contribution is -2.52. The number of piperidine rings is 1. The van der Waals surface area contributed by atoms with Crippen LogP contribution in [0.5, 0.6) is 0 Å².